The van der Waals surface area contributed by atoms with Gasteiger partial charge in [0.05, 0.1) is 11.8 Å². The van der Waals surface area contributed by atoms with E-state index in [2.05, 4.69) is 9.99 Å². The highest BCUT2D eigenvalue weighted by molar-refractivity contribution is 5.80. The summed E-state index contributed by atoms with van der Waals surface area (Å²) in [7, 11) is 1.06. The first-order valence-corrected chi connectivity index (χ1v) is 3.58. The molecule has 0 bridgehead atoms. The molecule has 0 heterocycles. The van der Waals surface area contributed by atoms with E-state index in [4.69, 9.17) is 0 Å². The van der Waals surface area contributed by atoms with Crippen LogP contribution in [0.1, 0.15) is 5.56 Å². The van der Waals surface area contributed by atoms with Crippen molar-refractivity contribution in [2.75, 3.05) is 7.11 Å². The summed E-state index contributed by atoms with van der Waals surface area (Å²) in [6.07, 6.45) is 0.399. The molecule has 0 saturated carbocycles. The lowest BCUT2D eigenvalue weighted by molar-refractivity contribution is 0.215. The second kappa shape index (κ2) is 4.24. The van der Waals surface area contributed by atoms with Gasteiger partial charge >= 0.3 is 0 Å². The Balaban J connectivity index is 3.45. The molecule has 0 aliphatic rings. The van der Waals surface area contributed by atoms with Gasteiger partial charge in [-0.3, -0.25) is 0 Å². The highest BCUT2D eigenvalue weighted by Crippen LogP contribution is 2.21. The third kappa shape index (κ3) is 1.90. The van der Waals surface area contributed by atoms with Crippen LogP contribution in [0.2, 0.25) is 0 Å². The van der Waals surface area contributed by atoms with E-state index in [0.29, 0.717) is 6.21 Å². The van der Waals surface area contributed by atoms with Gasteiger partial charge in [-0.1, -0.05) is 5.16 Å². The second-order valence-electron chi connectivity index (χ2n) is 2.40. The lowest BCUT2D eigenvalue weighted by atomic mass is 10.2. The first-order chi connectivity index (χ1) is 7.00. The van der Waals surface area contributed by atoms with E-state index < -0.39 is 34.6 Å². The second-order valence-corrected chi connectivity index (χ2v) is 2.40. The zero-order valence-corrected chi connectivity index (χ0v) is 7.32. The van der Waals surface area contributed by atoms with Crippen molar-refractivity contribution in [3.05, 3.63) is 34.6 Å². The standard InChI is InChI=1S/C8H4F5NO/c1-15-14-2-3-4(9)6(11)8(13)7(12)5(3)10/h2H,1H3/b14-2+. The number of benzene rings is 1. The normalized spacial score (nSPS) is 11.1. The van der Waals surface area contributed by atoms with Gasteiger partial charge in [0, 0.05) is 0 Å². The molecule has 15 heavy (non-hydrogen) atoms. The summed E-state index contributed by atoms with van der Waals surface area (Å²) in [6.45, 7) is 0. The number of rotatable bonds is 2. The van der Waals surface area contributed by atoms with Gasteiger partial charge in [-0.15, -0.1) is 0 Å². The summed E-state index contributed by atoms with van der Waals surface area (Å²) in [5.74, 6) is -10.2. The van der Waals surface area contributed by atoms with Gasteiger partial charge in [0.2, 0.25) is 5.82 Å². The lowest BCUT2D eigenvalue weighted by Crippen LogP contribution is -2.06. The maximum Gasteiger partial charge on any atom is 0.200 e. The quantitative estimate of drug-likeness (QED) is 0.249. The van der Waals surface area contributed by atoms with E-state index >= 15 is 0 Å². The van der Waals surface area contributed by atoms with Gasteiger partial charge in [-0.25, -0.2) is 22.0 Å². The Kier molecular flexibility index (Phi) is 3.23. The molecule has 1 aromatic rings. The molecule has 0 atom stereocenters. The molecule has 0 fully saturated rings. The van der Waals surface area contributed by atoms with E-state index in [9.17, 15) is 22.0 Å². The Bertz CT molecular complexity index is 389. The molecule has 0 radical (unpaired) electrons. The Labute approximate surface area is 81.0 Å². The molecule has 0 aliphatic carbocycles. The Morgan fingerprint density at radius 1 is 0.867 bits per heavy atom. The van der Waals surface area contributed by atoms with Gasteiger partial charge in [0.25, 0.3) is 0 Å². The van der Waals surface area contributed by atoms with Crippen LogP contribution < -0.4 is 0 Å². The van der Waals surface area contributed by atoms with E-state index in [0.717, 1.165) is 7.11 Å². The van der Waals surface area contributed by atoms with Crippen molar-refractivity contribution in [1.82, 2.24) is 0 Å². The van der Waals surface area contributed by atoms with E-state index in [1.165, 1.54) is 0 Å². The minimum absolute atomic E-state index is 0.399. The summed E-state index contributed by atoms with van der Waals surface area (Å²) in [4.78, 5) is 4.06. The van der Waals surface area contributed by atoms with Crippen LogP contribution in [0, 0.1) is 29.1 Å². The number of halogens is 5. The fourth-order valence-corrected chi connectivity index (χ4v) is 0.841. The number of nitrogens with zero attached hydrogens (tertiary/aromatic N) is 1. The van der Waals surface area contributed by atoms with Crippen LogP contribution in [0.5, 0.6) is 0 Å². The summed E-state index contributed by atoms with van der Waals surface area (Å²) in [5, 5.41) is 2.91. The van der Waals surface area contributed by atoms with Crippen molar-refractivity contribution >= 4 is 6.21 Å². The first-order valence-electron chi connectivity index (χ1n) is 3.58. The van der Waals surface area contributed by atoms with Crippen LogP contribution in [-0.2, 0) is 4.84 Å². The third-order valence-electron chi connectivity index (χ3n) is 1.53. The van der Waals surface area contributed by atoms with Crippen molar-refractivity contribution in [3.8, 4) is 0 Å². The van der Waals surface area contributed by atoms with E-state index in [1.54, 1.807) is 0 Å². The average Bonchev–Trinajstić information content (AvgIpc) is 2.24. The molecule has 82 valence electrons. The molecule has 2 nitrogen and oxygen atoms in total. The molecule has 0 aliphatic heterocycles. The number of hydrogen-bond donors (Lipinski definition) is 0. The van der Waals surface area contributed by atoms with E-state index in [1.807, 2.05) is 0 Å². The van der Waals surface area contributed by atoms with Crippen LogP contribution >= 0.6 is 0 Å². The van der Waals surface area contributed by atoms with E-state index in [-0.39, 0.29) is 0 Å². The zero-order chi connectivity index (χ0) is 11.6. The fraction of sp³-hybridized carbons (Fsp3) is 0.125. The number of oxime groups is 1. The van der Waals surface area contributed by atoms with Gasteiger partial charge in [0.1, 0.15) is 7.11 Å². The van der Waals surface area contributed by atoms with Crippen LogP contribution in [-0.4, -0.2) is 13.3 Å². The molecule has 0 saturated heterocycles. The summed E-state index contributed by atoms with van der Waals surface area (Å²) in [5.41, 5.74) is -1.15. The topological polar surface area (TPSA) is 21.6 Å². The van der Waals surface area contributed by atoms with Gasteiger partial charge in [0.15, 0.2) is 23.3 Å². The molecule has 0 aromatic heterocycles. The van der Waals surface area contributed by atoms with Crippen molar-refractivity contribution in [1.29, 1.82) is 0 Å². The predicted molar refractivity (Wildman–Crippen MR) is 40.8 cm³/mol. The largest absolute Gasteiger partial charge is 0.399 e. The molecule has 0 amide bonds. The van der Waals surface area contributed by atoms with Crippen molar-refractivity contribution in [2.24, 2.45) is 5.16 Å². The average molecular weight is 225 g/mol. The Morgan fingerprint density at radius 3 is 1.67 bits per heavy atom. The minimum atomic E-state index is -2.21. The molecule has 0 N–H and O–H groups in total. The molecule has 1 aromatic carbocycles. The first kappa shape index (κ1) is 11.4. The fourth-order valence-electron chi connectivity index (χ4n) is 0.841. The van der Waals surface area contributed by atoms with Crippen LogP contribution in [0.25, 0.3) is 0 Å². The monoisotopic (exact) mass is 225 g/mol. The molecule has 7 heteroatoms. The SMILES string of the molecule is CO/N=C/c1c(F)c(F)c(F)c(F)c1F. The maximum absolute atomic E-state index is 12.9. The van der Waals surface area contributed by atoms with Crippen molar-refractivity contribution in [3.63, 3.8) is 0 Å². The van der Waals surface area contributed by atoms with Crippen LogP contribution in [0.4, 0.5) is 22.0 Å². The van der Waals surface area contributed by atoms with Crippen LogP contribution in [0.15, 0.2) is 5.16 Å². The van der Waals surface area contributed by atoms with Crippen LogP contribution in [0.3, 0.4) is 0 Å². The molecular formula is C8H4F5NO. The summed E-state index contributed by atoms with van der Waals surface area (Å²) in [6, 6.07) is 0. The molecular weight excluding hydrogens is 221 g/mol. The molecule has 1 rings (SSSR count). The Morgan fingerprint density at radius 2 is 1.27 bits per heavy atom. The highest BCUT2D eigenvalue weighted by Gasteiger charge is 2.24. The predicted octanol–water partition coefficient (Wildman–Crippen LogP) is 2.36. The molecule has 0 unspecified atom stereocenters. The maximum atomic E-state index is 12.9. The zero-order valence-electron chi connectivity index (χ0n) is 7.32. The molecule has 0 spiro atoms. The third-order valence-corrected chi connectivity index (χ3v) is 1.53. The van der Waals surface area contributed by atoms with Gasteiger partial charge in [-0.2, -0.15) is 0 Å². The lowest BCUT2D eigenvalue weighted by Gasteiger charge is -2.02. The van der Waals surface area contributed by atoms with Gasteiger partial charge < -0.3 is 4.84 Å². The van der Waals surface area contributed by atoms with Crippen molar-refractivity contribution < 1.29 is 26.8 Å². The number of hydrogen-bond acceptors (Lipinski definition) is 2. The summed E-state index contributed by atoms with van der Waals surface area (Å²) >= 11 is 0. The van der Waals surface area contributed by atoms with Gasteiger partial charge in [-0.05, 0) is 0 Å². The summed E-state index contributed by atoms with van der Waals surface area (Å²) < 4.78 is 63.4. The Hall–Kier alpha value is -1.66. The smallest absolute Gasteiger partial charge is 0.200 e. The highest BCUT2D eigenvalue weighted by atomic mass is 19.2. The van der Waals surface area contributed by atoms with Crippen molar-refractivity contribution in [2.45, 2.75) is 0 Å². The minimum Gasteiger partial charge on any atom is -0.399 e.